The summed E-state index contributed by atoms with van der Waals surface area (Å²) in [5, 5.41) is 10.3. The Kier molecular flexibility index (Phi) is 4.23. The topological polar surface area (TPSA) is 72.8 Å². The lowest BCUT2D eigenvalue weighted by Gasteiger charge is -2.29. The largest absolute Gasteiger partial charge is 0.497 e. The van der Waals surface area contributed by atoms with Gasteiger partial charge in [-0.1, -0.05) is 24.3 Å². The first-order valence-corrected chi connectivity index (χ1v) is 6.42. The molecule has 1 aromatic carbocycles. The van der Waals surface area contributed by atoms with Gasteiger partial charge < -0.3 is 14.6 Å². The molecule has 0 amide bonds. The summed E-state index contributed by atoms with van der Waals surface area (Å²) in [4.78, 5) is 23.9. The molecule has 0 spiro atoms. The fraction of sp³-hybridized carbons (Fsp3) is 0.250. The summed E-state index contributed by atoms with van der Waals surface area (Å²) in [6.45, 7) is 1.23. The number of esters is 1. The van der Waals surface area contributed by atoms with Gasteiger partial charge in [0.2, 0.25) is 0 Å². The summed E-state index contributed by atoms with van der Waals surface area (Å²) < 4.78 is 10.3. The third-order valence-corrected chi connectivity index (χ3v) is 3.32. The summed E-state index contributed by atoms with van der Waals surface area (Å²) in [6.07, 6.45) is 5.86. The highest BCUT2D eigenvalue weighted by Gasteiger charge is 2.44. The Morgan fingerprint density at radius 2 is 1.95 bits per heavy atom. The average Bonchev–Trinajstić information content (AvgIpc) is 2.47. The number of hydrogen-bond acceptors (Lipinski definition) is 5. The van der Waals surface area contributed by atoms with Gasteiger partial charge in [-0.3, -0.25) is 9.59 Å². The van der Waals surface area contributed by atoms with Crippen molar-refractivity contribution >= 4 is 11.8 Å². The van der Waals surface area contributed by atoms with Crippen LogP contribution in [0.1, 0.15) is 6.92 Å². The van der Waals surface area contributed by atoms with Gasteiger partial charge >= 0.3 is 5.97 Å². The highest BCUT2D eigenvalue weighted by Crippen LogP contribution is 2.28. The molecule has 2 unspecified atom stereocenters. The van der Waals surface area contributed by atoms with Crippen LogP contribution in [-0.2, 0) is 9.59 Å². The molecular formula is C16H16O5. The molecule has 0 aliphatic heterocycles. The highest BCUT2D eigenvalue weighted by atomic mass is 16.5. The summed E-state index contributed by atoms with van der Waals surface area (Å²) in [5.74, 6) is -1.47. The van der Waals surface area contributed by atoms with E-state index in [-0.39, 0.29) is 5.75 Å². The third kappa shape index (κ3) is 3.03. The van der Waals surface area contributed by atoms with Crippen LogP contribution in [0.4, 0.5) is 0 Å². The van der Waals surface area contributed by atoms with Crippen molar-refractivity contribution in [2.75, 3.05) is 7.11 Å². The summed E-state index contributed by atoms with van der Waals surface area (Å²) >= 11 is 0. The van der Waals surface area contributed by atoms with E-state index in [9.17, 15) is 14.7 Å². The van der Waals surface area contributed by atoms with E-state index in [1.54, 1.807) is 30.3 Å². The van der Waals surface area contributed by atoms with Crippen molar-refractivity contribution in [3.63, 3.8) is 0 Å². The van der Waals surface area contributed by atoms with Crippen molar-refractivity contribution in [3.05, 3.63) is 48.6 Å². The van der Waals surface area contributed by atoms with Crippen molar-refractivity contribution in [1.82, 2.24) is 0 Å². The van der Waals surface area contributed by atoms with Crippen LogP contribution in [0, 0.1) is 5.92 Å². The number of carbonyl (C=O) groups is 2. The molecule has 5 heteroatoms. The van der Waals surface area contributed by atoms with Crippen LogP contribution in [0.3, 0.4) is 0 Å². The van der Waals surface area contributed by atoms with Crippen molar-refractivity contribution in [2.24, 2.45) is 5.92 Å². The molecule has 0 fully saturated rings. The van der Waals surface area contributed by atoms with Crippen LogP contribution in [0.5, 0.6) is 11.5 Å². The van der Waals surface area contributed by atoms with E-state index >= 15 is 0 Å². The predicted octanol–water partition coefficient (Wildman–Crippen LogP) is 1.66. The number of hydrogen-bond donors (Lipinski definition) is 1. The second-order valence-electron chi connectivity index (χ2n) is 4.70. The fourth-order valence-electron chi connectivity index (χ4n) is 2.07. The SMILES string of the molecule is COc1cccc(OC(=O)C2C=CC=CC2(O)C(C)=O)c1. The Morgan fingerprint density at radius 1 is 1.24 bits per heavy atom. The van der Waals surface area contributed by atoms with Gasteiger partial charge in [0.15, 0.2) is 11.4 Å². The lowest BCUT2D eigenvalue weighted by atomic mass is 9.81. The van der Waals surface area contributed by atoms with E-state index in [2.05, 4.69) is 0 Å². The Bertz CT molecular complexity index is 617. The zero-order chi connectivity index (χ0) is 15.5. The molecule has 0 saturated carbocycles. The standard InChI is InChI=1S/C16H16O5/c1-11(17)16(19)9-4-3-8-14(16)15(18)21-13-7-5-6-12(10-13)20-2/h3-10,14,19H,1-2H3. The molecule has 1 aromatic rings. The highest BCUT2D eigenvalue weighted by molar-refractivity contribution is 5.94. The van der Waals surface area contributed by atoms with Gasteiger partial charge in [0.25, 0.3) is 0 Å². The van der Waals surface area contributed by atoms with E-state index < -0.39 is 23.3 Å². The van der Waals surface area contributed by atoms with Gasteiger partial charge in [0, 0.05) is 6.07 Å². The summed E-state index contributed by atoms with van der Waals surface area (Å²) in [6, 6.07) is 6.53. The predicted molar refractivity (Wildman–Crippen MR) is 76.0 cm³/mol. The zero-order valence-corrected chi connectivity index (χ0v) is 11.8. The maximum absolute atomic E-state index is 12.2. The average molecular weight is 288 g/mol. The maximum Gasteiger partial charge on any atom is 0.321 e. The molecule has 0 heterocycles. The number of rotatable bonds is 4. The van der Waals surface area contributed by atoms with Crippen LogP contribution in [-0.4, -0.2) is 29.6 Å². The second kappa shape index (κ2) is 5.93. The quantitative estimate of drug-likeness (QED) is 0.674. The molecule has 0 aromatic heterocycles. The Labute approximate surface area is 122 Å². The molecule has 2 rings (SSSR count). The monoisotopic (exact) mass is 288 g/mol. The molecular weight excluding hydrogens is 272 g/mol. The first-order valence-electron chi connectivity index (χ1n) is 6.42. The van der Waals surface area contributed by atoms with Gasteiger partial charge in [-0.2, -0.15) is 0 Å². The van der Waals surface area contributed by atoms with Crippen molar-refractivity contribution < 1.29 is 24.2 Å². The number of ketones is 1. The van der Waals surface area contributed by atoms with Crippen molar-refractivity contribution in [3.8, 4) is 11.5 Å². The van der Waals surface area contributed by atoms with E-state index in [1.807, 2.05) is 0 Å². The summed E-state index contributed by atoms with van der Waals surface area (Å²) in [7, 11) is 1.50. The zero-order valence-electron chi connectivity index (χ0n) is 11.8. The molecule has 5 nitrogen and oxygen atoms in total. The lowest BCUT2D eigenvalue weighted by Crippen LogP contribution is -2.47. The van der Waals surface area contributed by atoms with E-state index in [0.717, 1.165) is 0 Å². The number of allylic oxidation sites excluding steroid dienone is 2. The minimum atomic E-state index is -1.87. The molecule has 21 heavy (non-hydrogen) atoms. The second-order valence-corrected chi connectivity index (χ2v) is 4.70. The summed E-state index contributed by atoms with van der Waals surface area (Å²) in [5.41, 5.74) is -1.87. The molecule has 110 valence electrons. The van der Waals surface area contributed by atoms with Gasteiger partial charge in [-0.15, -0.1) is 0 Å². The smallest absolute Gasteiger partial charge is 0.321 e. The molecule has 1 aliphatic carbocycles. The number of aliphatic hydroxyl groups is 1. The van der Waals surface area contributed by atoms with Gasteiger partial charge in [-0.05, 0) is 25.1 Å². The van der Waals surface area contributed by atoms with Gasteiger partial charge in [0.05, 0.1) is 7.11 Å². The van der Waals surface area contributed by atoms with Gasteiger partial charge in [0.1, 0.15) is 17.4 Å². The first-order chi connectivity index (χ1) is 9.97. The van der Waals surface area contributed by atoms with Crippen LogP contribution in [0.2, 0.25) is 0 Å². The van der Waals surface area contributed by atoms with Crippen LogP contribution >= 0.6 is 0 Å². The molecule has 1 aliphatic rings. The van der Waals surface area contributed by atoms with Crippen LogP contribution in [0.15, 0.2) is 48.6 Å². The molecule has 1 N–H and O–H groups in total. The lowest BCUT2D eigenvalue weighted by molar-refractivity contribution is -0.150. The third-order valence-electron chi connectivity index (χ3n) is 3.32. The van der Waals surface area contributed by atoms with E-state index in [0.29, 0.717) is 5.75 Å². The molecule has 0 saturated heterocycles. The van der Waals surface area contributed by atoms with E-state index in [4.69, 9.17) is 9.47 Å². The number of carbonyl (C=O) groups excluding carboxylic acids is 2. The van der Waals surface area contributed by atoms with Gasteiger partial charge in [-0.25, -0.2) is 0 Å². The number of Topliss-reactive ketones (excluding diaryl/α,β-unsaturated/α-hetero) is 1. The minimum Gasteiger partial charge on any atom is -0.497 e. The number of benzene rings is 1. The molecule has 0 bridgehead atoms. The van der Waals surface area contributed by atoms with Crippen molar-refractivity contribution in [2.45, 2.75) is 12.5 Å². The number of ether oxygens (including phenoxy) is 2. The van der Waals surface area contributed by atoms with Crippen LogP contribution in [0.25, 0.3) is 0 Å². The maximum atomic E-state index is 12.2. The Hall–Kier alpha value is -2.40. The Balaban J connectivity index is 2.21. The Morgan fingerprint density at radius 3 is 2.62 bits per heavy atom. The molecule has 0 radical (unpaired) electrons. The number of methoxy groups -OCH3 is 1. The fourth-order valence-corrected chi connectivity index (χ4v) is 2.07. The normalized spacial score (nSPS) is 23.7. The first kappa shape index (κ1) is 15.0. The van der Waals surface area contributed by atoms with Crippen LogP contribution < -0.4 is 9.47 Å². The van der Waals surface area contributed by atoms with Crippen molar-refractivity contribution in [1.29, 1.82) is 0 Å². The molecule has 2 atom stereocenters. The minimum absolute atomic E-state index is 0.285. The van der Waals surface area contributed by atoms with E-state index in [1.165, 1.54) is 32.3 Å².